The molecule has 0 spiro atoms. The van der Waals surface area contributed by atoms with Gasteiger partial charge in [-0.1, -0.05) is 128 Å². The van der Waals surface area contributed by atoms with E-state index in [4.69, 9.17) is 9.47 Å². The summed E-state index contributed by atoms with van der Waals surface area (Å²) in [6, 6.07) is -0.813. The Hall–Kier alpha value is -1.33. The molecule has 264 valence electrons. The van der Waals surface area contributed by atoms with Crippen molar-refractivity contribution in [2.24, 2.45) is 0 Å². The lowest BCUT2D eigenvalue weighted by atomic mass is 9.99. The number of aliphatic hydroxyl groups excluding tert-OH is 5. The normalized spacial score (nSPS) is 23.6. The standard InChI is InChI=1S/C36H67NO8/c1-3-5-7-9-11-13-15-16-17-19-21-23-25-30(39)29(28-44-36-35(43)34(42)33(41)31(27-38)45-36)37-32(40)26-24-22-20-18-14-12-10-8-6-4-2/h16-17,23,25,29-31,33-36,38-39,41-43H,3-15,18-22,24,26-28H2,1-2H3,(H,37,40)/b17-16+,25-23+/t29-,30+,31+,33+,34?,35?,36+/m0/s1. The summed E-state index contributed by atoms with van der Waals surface area (Å²) in [6.45, 7) is 3.68. The molecule has 0 bridgehead atoms. The Balaban J connectivity index is 2.53. The first-order chi connectivity index (χ1) is 21.8. The number of ether oxygens (including phenoxy) is 2. The molecule has 9 nitrogen and oxygen atoms in total. The highest BCUT2D eigenvalue weighted by molar-refractivity contribution is 5.76. The Morgan fingerprint density at radius 2 is 1.27 bits per heavy atom. The number of hydrogen-bond acceptors (Lipinski definition) is 8. The van der Waals surface area contributed by atoms with E-state index >= 15 is 0 Å². The summed E-state index contributed by atoms with van der Waals surface area (Å²) in [5.74, 6) is -0.193. The van der Waals surface area contributed by atoms with Crippen LogP contribution in [-0.2, 0) is 14.3 Å². The second-order valence-corrected chi connectivity index (χ2v) is 12.7. The van der Waals surface area contributed by atoms with Crippen LogP contribution < -0.4 is 5.32 Å². The number of nitrogens with one attached hydrogen (secondary N) is 1. The SMILES string of the molecule is CCCCCCCC/C=C/CC/C=C/[C@@H](O)[C@H](CO[C@@H]1O[C@H](CO)[C@@H](O)C(O)C1O)NC(=O)CCCCCCCCCCCC. The number of amides is 1. The van der Waals surface area contributed by atoms with Crippen molar-refractivity contribution in [2.45, 2.75) is 185 Å². The van der Waals surface area contributed by atoms with Crippen LogP contribution in [0, 0.1) is 0 Å². The van der Waals surface area contributed by atoms with Gasteiger partial charge >= 0.3 is 0 Å². The fraction of sp³-hybridized carbons (Fsp3) is 0.861. The molecular weight excluding hydrogens is 574 g/mol. The van der Waals surface area contributed by atoms with Crippen molar-refractivity contribution in [3.05, 3.63) is 24.3 Å². The van der Waals surface area contributed by atoms with Crippen LogP contribution in [0.5, 0.6) is 0 Å². The second kappa shape index (κ2) is 27.8. The van der Waals surface area contributed by atoms with E-state index in [1.54, 1.807) is 6.08 Å². The van der Waals surface area contributed by atoms with Crippen LogP contribution in [0.2, 0.25) is 0 Å². The molecular formula is C36H67NO8. The summed E-state index contributed by atoms with van der Waals surface area (Å²) in [5, 5.41) is 53.7. The smallest absolute Gasteiger partial charge is 0.220 e. The van der Waals surface area contributed by atoms with Gasteiger partial charge in [0.1, 0.15) is 24.4 Å². The Bertz CT molecular complexity index is 761. The third-order valence-electron chi connectivity index (χ3n) is 8.53. The highest BCUT2D eigenvalue weighted by atomic mass is 16.7. The average molecular weight is 642 g/mol. The lowest BCUT2D eigenvalue weighted by molar-refractivity contribution is -0.302. The number of rotatable bonds is 28. The molecule has 0 aromatic carbocycles. The lowest BCUT2D eigenvalue weighted by Crippen LogP contribution is -2.60. The molecule has 1 heterocycles. The van der Waals surface area contributed by atoms with Gasteiger partial charge in [-0.2, -0.15) is 0 Å². The number of unbranched alkanes of at least 4 members (excludes halogenated alkanes) is 16. The van der Waals surface area contributed by atoms with Crippen LogP contribution in [0.25, 0.3) is 0 Å². The largest absolute Gasteiger partial charge is 0.394 e. The molecule has 1 aliphatic heterocycles. The zero-order valence-corrected chi connectivity index (χ0v) is 28.4. The van der Waals surface area contributed by atoms with Crippen molar-refractivity contribution in [2.75, 3.05) is 13.2 Å². The zero-order valence-electron chi connectivity index (χ0n) is 28.4. The van der Waals surface area contributed by atoms with Crippen LogP contribution in [0.3, 0.4) is 0 Å². The number of hydrogen-bond donors (Lipinski definition) is 6. The van der Waals surface area contributed by atoms with Crippen molar-refractivity contribution in [1.82, 2.24) is 5.32 Å². The van der Waals surface area contributed by atoms with Gasteiger partial charge in [-0.15, -0.1) is 0 Å². The maximum Gasteiger partial charge on any atom is 0.220 e. The molecule has 6 N–H and O–H groups in total. The van der Waals surface area contributed by atoms with E-state index in [-0.39, 0.29) is 12.5 Å². The summed E-state index contributed by atoms with van der Waals surface area (Å²) in [4.78, 5) is 12.8. The molecule has 1 aliphatic rings. The van der Waals surface area contributed by atoms with E-state index in [1.807, 2.05) is 6.08 Å². The van der Waals surface area contributed by atoms with Gasteiger partial charge in [0.15, 0.2) is 6.29 Å². The molecule has 0 saturated carbocycles. The fourth-order valence-electron chi connectivity index (χ4n) is 5.52. The quantitative estimate of drug-likeness (QED) is 0.0478. The van der Waals surface area contributed by atoms with E-state index in [2.05, 4.69) is 31.3 Å². The van der Waals surface area contributed by atoms with Gasteiger partial charge in [-0.3, -0.25) is 4.79 Å². The Morgan fingerprint density at radius 1 is 0.733 bits per heavy atom. The zero-order chi connectivity index (χ0) is 33.1. The second-order valence-electron chi connectivity index (χ2n) is 12.7. The first-order valence-corrected chi connectivity index (χ1v) is 18.1. The minimum absolute atomic E-state index is 0.193. The van der Waals surface area contributed by atoms with Gasteiger partial charge in [0, 0.05) is 6.42 Å². The van der Waals surface area contributed by atoms with Crippen LogP contribution >= 0.6 is 0 Å². The molecule has 45 heavy (non-hydrogen) atoms. The van der Waals surface area contributed by atoms with Crippen molar-refractivity contribution in [3.63, 3.8) is 0 Å². The molecule has 0 aromatic rings. The predicted octanol–water partition coefficient (Wildman–Crippen LogP) is 5.60. The van der Waals surface area contributed by atoms with Gasteiger partial charge in [-0.05, 0) is 32.1 Å². The van der Waals surface area contributed by atoms with Crippen LogP contribution in [-0.4, -0.2) is 87.5 Å². The third kappa shape index (κ3) is 19.8. The summed E-state index contributed by atoms with van der Waals surface area (Å²) in [6.07, 6.45) is 22.3. The molecule has 1 saturated heterocycles. The molecule has 0 radical (unpaired) electrons. The summed E-state index contributed by atoms with van der Waals surface area (Å²) in [5.41, 5.74) is 0. The van der Waals surface area contributed by atoms with E-state index in [0.717, 1.165) is 38.5 Å². The molecule has 0 aromatic heterocycles. The van der Waals surface area contributed by atoms with Gasteiger partial charge < -0.3 is 40.3 Å². The molecule has 7 atom stereocenters. The maximum atomic E-state index is 12.8. The third-order valence-corrected chi connectivity index (χ3v) is 8.53. The number of allylic oxidation sites excluding steroid dienone is 3. The van der Waals surface area contributed by atoms with E-state index in [9.17, 15) is 30.3 Å². The van der Waals surface area contributed by atoms with Crippen LogP contribution in [0.4, 0.5) is 0 Å². The van der Waals surface area contributed by atoms with Crippen molar-refractivity contribution in [3.8, 4) is 0 Å². The lowest BCUT2D eigenvalue weighted by Gasteiger charge is -2.40. The van der Waals surface area contributed by atoms with Crippen LogP contribution in [0.1, 0.15) is 142 Å². The van der Waals surface area contributed by atoms with Crippen molar-refractivity contribution < 1.29 is 39.8 Å². The molecule has 2 unspecified atom stereocenters. The number of carbonyl (C=O) groups is 1. The van der Waals surface area contributed by atoms with Crippen LogP contribution in [0.15, 0.2) is 24.3 Å². The van der Waals surface area contributed by atoms with E-state index < -0.39 is 49.5 Å². The van der Waals surface area contributed by atoms with E-state index in [0.29, 0.717) is 6.42 Å². The minimum Gasteiger partial charge on any atom is -0.394 e. The highest BCUT2D eigenvalue weighted by Crippen LogP contribution is 2.22. The first-order valence-electron chi connectivity index (χ1n) is 18.1. The van der Waals surface area contributed by atoms with Gasteiger partial charge in [0.2, 0.25) is 5.91 Å². The Kier molecular flexibility index (Phi) is 25.7. The monoisotopic (exact) mass is 641 g/mol. The van der Waals surface area contributed by atoms with E-state index in [1.165, 1.54) is 83.5 Å². The summed E-state index contributed by atoms with van der Waals surface area (Å²) in [7, 11) is 0. The average Bonchev–Trinajstić information content (AvgIpc) is 3.04. The maximum absolute atomic E-state index is 12.8. The van der Waals surface area contributed by atoms with Crippen molar-refractivity contribution in [1.29, 1.82) is 0 Å². The summed E-state index contributed by atoms with van der Waals surface area (Å²) >= 11 is 0. The molecule has 1 rings (SSSR count). The molecule has 0 aliphatic carbocycles. The number of carbonyl (C=O) groups excluding carboxylic acids is 1. The molecule has 1 fully saturated rings. The van der Waals surface area contributed by atoms with Gasteiger partial charge in [-0.25, -0.2) is 0 Å². The molecule has 9 heteroatoms. The Labute approximate surface area is 273 Å². The Morgan fingerprint density at radius 3 is 1.87 bits per heavy atom. The van der Waals surface area contributed by atoms with Gasteiger partial charge in [0.05, 0.1) is 25.4 Å². The topological polar surface area (TPSA) is 149 Å². The molecule has 1 amide bonds. The number of aliphatic hydroxyl groups is 5. The minimum atomic E-state index is -1.57. The summed E-state index contributed by atoms with van der Waals surface area (Å²) < 4.78 is 11.1. The predicted molar refractivity (Wildman–Crippen MR) is 180 cm³/mol. The highest BCUT2D eigenvalue weighted by Gasteiger charge is 2.44. The van der Waals surface area contributed by atoms with Gasteiger partial charge in [0.25, 0.3) is 0 Å². The fourth-order valence-corrected chi connectivity index (χ4v) is 5.52. The first kappa shape index (κ1) is 41.7. The van der Waals surface area contributed by atoms with Crippen molar-refractivity contribution >= 4 is 5.91 Å².